The first-order chi connectivity index (χ1) is 9.45. The third-order valence-corrected chi connectivity index (χ3v) is 5.44. The number of fused-ring (bicyclic) bond motifs is 1. The second-order valence-electron chi connectivity index (χ2n) is 4.37. The lowest BCUT2D eigenvalue weighted by atomic mass is 10.2. The van der Waals surface area contributed by atoms with Crippen molar-refractivity contribution in [1.82, 2.24) is 15.3 Å². The quantitative estimate of drug-likeness (QED) is 0.532. The van der Waals surface area contributed by atoms with E-state index in [1.54, 1.807) is 11.3 Å². The highest BCUT2D eigenvalue weighted by molar-refractivity contribution is 8.01. The summed E-state index contributed by atoms with van der Waals surface area (Å²) in [5.41, 5.74) is 1.10. The summed E-state index contributed by atoms with van der Waals surface area (Å²) in [5.74, 6) is -0.496. The van der Waals surface area contributed by atoms with Gasteiger partial charge in [0.15, 0.2) is 5.78 Å². The number of hydrogen-bond donors (Lipinski definition) is 1. The minimum atomic E-state index is -0.780. The molecular weight excluding hydrogens is 294 g/mol. The molecule has 0 aromatic carbocycles. The summed E-state index contributed by atoms with van der Waals surface area (Å²) in [6.45, 7) is 5.44. The van der Waals surface area contributed by atoms with Gasteiger partial charge in [-0.15, -0.1) is 11.3 Å². The number of ketones is 1. The van der Waals surface area contributed by atoms with Crippen molar-refractivity contribution < 1.29 is 9.59 Å². The van der Waals surface area contributed by atoms with E-state index in [1.807, 2.05) is 13.8 Å². The summed E-state index contributed by atoms with van der Waals surface area (Å²) in [5, 5.41) is 3.35. The third-order valence-electron chi connectivity index (χ3n) is 3.01. The van der Waals surface area contributed by atoms with Gasteiger partial charge in [-0.05, 0) is 26.3 Å². The first-order valence-corrected chi connectivity index (χ1v) is 7.74. The molecule has 2 heterocycles. The predicted octanol–water partition coefficient (Wildman–Crippen LogP) is 2.10. The summed E-state index contributed by atoms with van der Waals surface area (Å²) in [7, 11) is 1.52. The zero-order valence-electron chi connectivity index (χ0n) is 11.7. The van der Waals surface area contributed by atoms with E-state index in [9.17, 15) is 9.59 Å². The molecule has 1 atom stereocenters. The smallest absolute Gasteiger partial charge is 0.240 e. The zero-order chi connectivity index (χ0) is 14.9. The van der Waals surface area contributed by atoms with Crippen LogP contribution < -0.4 is 5.32 Å². The average molecular weight is 309 g/mol. The molecule has 0 saturated carbocycles. The van der Waals surface area contributed by atoms with Gasteiger partial charge >= 0.3 is 0 Å². The summed E-state index contributed by atoms with van der Waals surface area (Å²) in [6.07, 6.45) is 1.47. The van der Waals surface area contributed by atoms with Crippen LogP contribution in [0.4, 0.5) is 0 Å². The average Bonchev–Trinajstić information content (AvgIpc) is 2.71. The molecule has 0 fully saturated rings. The van der Waals surface area contributed by atoms with Crippen molar-refractivity contribution >= 4 is 45.0 Å². The summed E-state index contributed by atoms with van der Waals surface area (Å²) >= 11 is 2.77. The minimum Gasteiger partial charge on any atom is -0.358 e. The van der Waals surface area contributed by atoms with E-state index in [1.165, 1.54) is 36.9 Å². The number of thioether (sulfide) groups is 1. The summed E-state index contributed by atoms with van der Waals surface area (Å²) < 4.78 is 0. The van der Waals surface area contributed by atoms with E-state index in [0.717, 1.165) is 15.8 Å². The molecule has 0 unspecified atom stereocenters. The molecular formula is C13H15N3O2S2. The molecule has 20 heavy (non-hydrogen) atoms. The zero-order valence-corrected chi connectivity index (χ0v) is 13.3. The topological polar surface area (TPSA) is 72.0 Å². The van der Waals surface area contributed by atoms with Crippen molar-refractivity contribution in [3.8, 4) is 0 Å². The predicted molar refractivity (Wildman–Crippen MR) is 81.3 cm³/mol. The Bertz CT molecular complexity index is 682. The lowest BCUT2D eigenvalue weighted by molar-refractivity contribution is -0.126. The van der Waals surface area contributed by atoms with Gasteiger partial charge in [0.25, 0.3) is 0 Å². The number of rotatable bonds is 4. The molecule has 106 valence electrons. The number of Topliss-reactive ketones (excluding diaryl/α,β-unsaturated/α-hetero) is 1. The number of thiophene rings is 1. The summed E-state index contributed by atoms with van der Waals surface area (Å²) in [6, 6.07) is 0. The van der Waals surface area contributed by atoms with Crippen LogP contribution in [-0.4, -0.2) is 34.0 Å². The molecule has 5 nitrogen and oxygen atoms in total. The first-order valence-electron chi connectivity index (χ1n) is 6.05. The van der Waals surface area contributed by atoms with E-state index in [4.69, 9.17) is 0 Å². The van der Waals surface area contributed by atoms with Gasteiger partial charge in [-0.25, -0.2) is 9.97 Å². The standard InChI is InChI=1S/C13H15N3O2S2/c1-6-8(3)19-12-9(6)13(16-5-15-12)20-10(7(2)17)11(18)14-4/h5,10H,1-4H3,(H,14,18)/t10-/m1/s1. The van der Waals surface area contributed by atoms with Crippen molar-refractivity contribution in [1.29, 1.82) is 0 Å². The van der Waals surface area contributed by atoms with Crippen molar-refractivity contribution in [2.75, 3.05) is 7.05 Å². The Morgan fingerprint density at radius 1 is 1.35 bits per heavy atom. The van der Waals surface area contributed by atoms with Crippen molar-refractivity contribution in [2.24, 2.45) is 0 Å². The van der Waals surface area contributed by atoms with Gasteiger partial charge in [0.2, 0.25) is 5.91 Å². The normalized spacial score (nSPS) is 12.4. The highest BCUT2D eigenvalue weighted by atomic mass is 32.2. The van der Waals surface area contributed by atoms with E-state index >= 15 is 0 Å². The Labute approximate surface area is 125 Å². The molecule has 0 bridgehead atoms. The minimum absolute atomic E-state index is 0.189. The fraction of sp³-hybridized carbons (Fsp3) is 0.385. The highest BCUT2D eigenvalue weighted by Gasteiger charge is 2.26. The molecule has 0 saturated heterocycles. The number of hydrogen-bond acceptors (Lipinski definition) is 6. The van der Waals surface area contributed by atoms with Crippen molar-refractivity contribution in [3.63, 3.8) is 0 Å². The lowest BCUT2D eigenvalue weighted by Crippen LogP contribution is -2.34. The Kier molecular flexibility index (Phi) is 4.39. The second kappa shape index (κ2) is 5.88. The molecule has 1 amide bonds. The second-order valence-corrected chi connectivity index (χ2v) is 6.66. The Hall–Kier alpha value is -1.47. The van der Waals surface area contributed by atoms with Gasteiger partial charge in [0.05, 0.1) is 0 Å². The van der Waals surface area contributed by atoms with E-state index < -0.39 is 5.25 Å². The van der Waals surface area contributed by atoms with Crippen LogP contribution in [0.5, 0.6) is 0 Å². The number of nitrogens with zero attached hydrogens (tertiary/aromatic N) is 2. The molecule has 0 aliphatic carbocycles. The molecule has 0 spiro atoms. The summed E-state index contributed by atoms with van der Waals surface area (Å²) in [4.78, 5) is 34.0. The molecule has 0 aliphatic heterocycles. The third kappa shape index (κ3) is 2.69. The number of nitrogens with one attached hydrogen (secondary N) is 1. The van der Waals surface area contributed by atoms with Crippen LogP contribution in [0.3, 0.4) is 0 Å². The van der Waals surface area contributed by atoms with Crippen LogP contribution in [-0.2, 0) is 9.59 Å². The Morgan fingerprint density at radius 3 is 2.65 bits per heavy atom. The van der Waals surface area contributed by atoms with E-state index in [2.05, 4.69) is 15.3 Å². The first kappa shape index (κ1) is 14.9. The van der Waals surface area contributed by atoms with Crippen LogP contribution >= 0.6 is 23.1 Å². The molecule has 1 N–H and O–H groups in total. The van der Waals surface area contributed by atoms with E-state index in [0.29, 0.717) is 5.03 Å². The van der Waals surface area contributed by atoms with Crippen LogP contribution in [0.25, 0.3) is 10.2 Å². The van der Waals surface area contributed by atoms with Crippen LogP contribution in [0.15, 0.2) is 11.4 Å². The number of amides is 1. The van der Waals surface area contributed by atoms with Crippen molar-refractivity contribution in [2.45, 2.75) is 31.0 Å². The van der Waals surface area contributed by atoms with Gasteiger partial charge in [0, 0.05) is 17.3 Å². The Morgan fingerprint density at radius 2 is 2.05 bits per heavy atom. The monoisotopic (exact) mass is 309 g/mol. The van der Waals surface area contributed by atoms with Crippen LogP contribution in [0, 0.1) is 13.8 Å². The maximum atomic E-state index is 11.8. The number of aryl methyl sites for hydroxylation is 2. The van der Waals surface area contributed by atoms with Gasteiger partial charge in [-0.2, -0.15) is 0 Å². The molecule has 2 rings (SSSR count). The van der Waals surface area contributed by atoms with Gasteiger partial charge in [-0.3, -0.25) is 9.59 Å². The van der Waals surface area contributed by atoms with Gasteiger partial charge < -0.3 is 5.32 Å². The Balaban J connectivity index is 2.47. The maximum absolute atomic E-state index is 11.8. The SMILES string of the molecule is CNC(=O)[C@H](Sc1ncnc2sc(C)c(C)c12)C(C)=O. The van der Waals surface area contributed by atoms with Crippen LogP contribution in [0.1, 0.15) is 17.4 Å². The fourth-order valence-electron chi connectivity index (χ4n) is 1.80. The number of carbonyl (C=O) groups excluding carboxylic acids is 2. The largest absolute Gasteiger partial charge is 0.358 e. The molecule has 0 aliphatic rings. The number of carbonyl (C=O) groups is 2. The lowest BCUT2D eigenvalue weighted by Gasteiger charge is -2.11. The molecule has 2 aromatic rings. The van der Waals surface area contributed by atoms with Gasteiger partial charge in [0.1, 0.15) is 21.4 Å². The molecule has 0 radical (unpaired) electrons. The van der Waals surface area contributed by atoms with E-state index in [-0.39, 0.29) is 11.7 Å². The number of aromatic nitrogens is 2. The van der Waals surface area contributed by atoms with Crippen molar-refractivity contribution in [3.05, 3.63) is 16.8 Å². The maximum Gasteiger partial charge on any atom is 0.240 e. The van der Waals surface area contributed by atoms with Gasteiger partial charge in [-0.1, -0.05) is 11.8 Å². The fourth-order valence-corrected chi connectivity index (χ4v) is 3.95. The molecule has 7 heteroatoms. The highest BCUT2D eigenvalue weighted by Crippen LogP contribution is 2.36. The van der Waals surface area contributed by atoms with Crippen LogP contribution in [0.2, 0.25) is 0 Å². The molecule has 2 aromatic heterocycles.